The first-order chi connectivity index (χ1) is 15.2. The van der Waals surface area contributed by atoms with E-state index >= 15 is 0 Å². The molecular formula is C21H41O10P. The van der Waals surface area contributed by atoms with Crippen LogP contribution in [0.5, 0.6) is 0 Å². The van der Waals surface area contributed by atoms with Crippen LogP contribution in [0.2, 0.25) is 0 Å². The van der Waals surface area contributed by atoms with Crippen molar-refractivity contribution in [3.05, 3.63) is 0 Å². The summed E-state index contributed by atoms with van der Waals surface area (Å²) in [5, 5.41) is 17.9. The molecule has 32 heavy (non-hydrogen) atoms. The molecule has 190 valence electrons. The Balaban J connectivity index is 4.53. The maximum atomic E-state index is 12.1. The highest BCUT2D eigenvalue weighted by molar-refractivity contribution is 7.47. The molecule has 0 aromatic rings. The number of phosphoric acid groups is 1. The maximum Gasteiger partial charge on any atom is 0.472 e. The molecule has 1 unspecified atom stereocenters. The summed E-state index contributed by atoms with van der Waals surface area (Å²) in [4.78, 5) is 33.5. The monoisotopic (exact) mass is 484 g/mol. The molecule has 0 aliphatic heterocycles. The van der Waals surface area contributed by atoms with Crippen LogP contribution in [0.1, 0.15) is 84.5 Å². The zero-order valence-corrected chi connectivity index (χ0v) is 20.3. The Morgan fingerprint density at radius 3 is 2.00 bits per heavy atom. The van der Waals surface area contributed by atoms with Crippen molar-refractivity contribution < 1.29 is 47.8 Å². The maximum absolute atomic E-state index is 12.1. The summed E-state index contributed by atoms with van der Waals surface area (Å²) in [6, 6.07) is 0. The lowest BCUT2D eigenvalue weighted by molar-refractivity contribution is -0.161. The SMILES string of the molecule is CCCCCCCCCC(=O)O[C@H](COC(=O)CCCC)COP(=O)(O)OC[C@@H](O)CO. The Morgan fingerprint density at radius 2 is 1.38 bits per heavy atom. The van der Waals surface area contributed by atoms with Gasteiger partial charge >= 0.3 is 19.8 Å². The van der Waals surface area contributed by atoms with Gasteiger partial charge in [-0.1, -0.05) is 58.8 Å². The number of phosphoric ester groups is 1. The van der Waals surface area contributed by atoms with E-state index in [2.05, 4.69) is 11.4 Å². The molecule has 0 spiro atoms. The van der Waals surface area contributed by atoms with Crippen LogP contribution in [0.25, 0.3) is 0 Å². The molecule has 0 aliphatic rings. The second-order valence-electron chi connectivity index (χ2n) is 7.67. The minimum atomic E-state index is -4.56. The second-order valence-corrected chi connectivity index (χ2v) is 9.12. The normalized spacial score (nSPS) is 15.0. The molecule has 0 aromatic heterocycles. The molecule has 0 radical (unpaired) electrons. The van der Waals surface area contributed by atoms with Crippen LogP contribution in [0.15, 0.2) is 0 Å². The average molecular weight is 485 g/mol. The summed E-state index contributed by atoms with van der Waals surface area (Å²) >= 11 is 0. The first-order valence-electron chi connectivity index (χ1n) is 11.5. The van der Waals surface area contributed by atoms with Crippen molar-refractivity contribution in [1.82, 2.24) is 0 Å². The summed E-state index contributed by atoms with van der Waals surface area (Å²) < 4.78 is 31.6. The smallest absolute Gasteiger partial charge is 0.462 e. The van der Waals surface area contributed by atoms with Crippen LogP contribution in [0.3, 0.4) is 0 Å². The summed E-state index contributed by atoms with van der Waals surface area (Å²) in [6.45, 7) is 1.97. The predicted octanol–water partition coefficient (Wildman–Crippen LogP) is 3.26. The Kier molecular flexibility index (Phi) is 18.8. The van der Waals surface area contributed by atoms with Gasteiger partial charge < -0.3 is 24.6 Å². The number of aliphatic hydroxyl groups excluding tert-OH is 2. The quantitative estimate of drug-likeness (QED) is 0.126. The lowest BCUT2D eigenvalue weighted by Gasteiger charge is -2.20. The largest absolute Gasteiger partial charge is 0.472 e. The van der Waals surface area contributed by atoms with E-state index in [1.807, 2.05) is 6.92 Å². The standard InChI is InChI=1S/C21H41O10P/c1-3-5-7-8-9-10-11-13-21(25)31-19(16-28-20(24)12-6-4-2)17-30-32(26,27)29-15-18(23)14-22/h18-19,22-23H,3-17H2,1-2H3,(H,26,27)/t18-,19+/m0/s1. The van der Waals surface area contributed by atoms with Gasteiger partial charge in [0.05, 0.1) is 19.8 Å². The fourth-order valence-electron chi connectivity index (χ4n) is 2.61. The van der Waals surface area contributed by atoms with Crippen molar-refractivity contribution in [2.75, 3.05) is 26.4 Å². The van der Waals surface area contributed by atoms with Gasteiger partial charge in [0.2, 0.25) is 0 Å². The van der Waals surface area contributed by atoms with Crippen LogP contribution in [-0.2, 0) is 32.7 Å². The predicted molar refractivity (Wildman–Crippen MR) is 118 cm³/mol. The van der Waals surface area contributed by atoms with Gasteiger partial charge in [0, 0.05) is 12.8 Å². The van der Waals surface area contributed by atoms with Gasteiger partial charge in [-0.2, -0.15) is 0 Å². The minimum absolute atomic E-state index is 0.185. The average Bonchev–Trinajstić information content (AvgIpc) is 2.77. The van der Waals surface area contributed by atoms with Gasteiger partial charge in [-0.25, -0.2) is 4.57 Å². The van der Waals surface area contributed by atoms with Crippen LogP contribution >= 0.6 is 7.82 Å². The first kappa shape index (κ1) is 31.0. The Labute approximate surface area is 191 Å². The van der Waals surface area contributed by atoms with Gasteiger partial charge in [0.15, 0.2) is 6.10 Å². The molecule has 0 bridgehead atoms. The molecule has 0 fully saturated rings. The third-order valence-corrected chi connectivity index (χ3v) is 5.46. The third-order valence-electron chi connectivity index (χ3n) is 4.51. The van der Waals surface area contributed by atoms with Crippen LogP contribution in [-0.4, -0.2) is 65.7 Å². The molecule has 0 heterocycles. The summed E-state index contributed by atoms with van der Waals surface area (Å²) in [5.41, 5.74) is 0. The first-order valence-corrected chi connectivity index (χ1v) is 13.0. The zero-order chi connectivity index (χ0) is 24.2. The van der Waals surface area contributed by atoms with E-state index in [-0.39, 0.29) is 19.4 Å². The molecule has 0 amide bonds. The molecule has 0 aromatic carbocycles. The fourth-order valence-corrected chi connectivity index (χ4v) is 3.40. The van der Waals surface area contributed by atoms with Crippen LogP contribution in [0.4, 0.5) is 0 Å². The van der Waals surface area contributed by atoms with Crippen molar-refractivity contribution in [2.45, 2.75) is 96.7 Å². The highest BCUT2D eigenvalue weighted by Crippen LogP contribution is 2.43. The topological polar surface area (TPSA) is 149 Å². The van der Waals surface area contributed by atoms with E-state index in [0.717, 1.165) is 25.7 Å². The number of esters is 2. The third kappa shape index (κ3) is 18.5. The van der Waals surface area contributed by atoms with Crippen molar-refractivity contribution in [3.8, 4) is 0 Å². The molecule has 11 heteroatoms. The van der Waals surface area contributed by atoms with Gasteiger partial charge in [0.25, 0.3) is 0 Å². The molecule has 3 atom stereocenters. The fraction of sp³-hybridized carbons (Fsp3) is 0.905. The van der Waals surface area contributed by atoms with Crippen molar-refractivity contribution in [1.29, 1.82) is 0 Å². The highest BCUT2D eigenvalue weighted by atomic mass is 31.2. The Hall–Kier alpha value is -1.03. The number of ether oxygens (including phenoxy) is 2. The number of aliphatic hydroxyl groups is 2. The number of carbonyl (C=O) groups is 2. The summed E-state index contributed by atoms with van der Waals surface area (Å²) in [5.74, 6) is -0.976. The molecule has 10 nitrogen and oxygen atoms in total. The van der Waals surface area contributed by atoms with Crippen molar-refractivity contribution in [2.24, 2.45) is 0 Å². The van der Waals surface area contributed by atoms with Crippen LogP contribution in [0, 0.1) is 0 Å². The molecule has 0 saturated heterocycles. The van der Waals surface area contributed by atoms with Gasteiger partial charge in [-0.3, -0.25) is 18.6 Å². The van der Waals surface area contributed by atoms with Crippen molar-refractivity contribution >= 4 is 19.8 Å². The van der Waals surface area contributed by atoms with E-state index in [1.54, 1.807) is 0 Å². The zero-order valence-electron chi connectivity index (χ0n) is 19.4. The highest BCUT2D eigenvalue weighted by Gasteiger charge is 2.27. The van der Waals surface area contributed by atoms with E-state index < -0.39 is 51.8 Å². The molecule has 0 saturated carbocycles. The van der Waals surface area contributed by atoms with Crippen LogP contribution < -0.4 is 0 Å². The molecule has 0 aliphatic carbocycles. The molecule has 0 rings (SSSR count). The number of carbonyl (C=O) groups excluding carboxylic acids is 2. The lowest BCUT2D eigenvalue weighted by Crippen LogP contribution is -2.29. The van der Waals surface area contributed by atoms with Crippen molar-refractivity contribution in [3.63, 3.8) is 0 Å². The number of hydrogen-bond acceptors (Lipinski definition) is 9. The van der Waals surface area contributed by atoms with E-state index in [1.165, 1.54) is 19.3 Å². The Bertz CT molecular complexity index is 543. The number of hydrogen-bond donors (Lipinski definition) is 3. The van der Waals surface area contributed by atoms with E-state index in [0.29, 0.717) is 12.8 Å². The van der Waals surface area contributed by atoms with E-state index in [9.17, 15) is 24.2 Å². The number of rotatable bonds is 21. The summed E-state index contributed by atoms with van der Waals surface area (Å²) in [6.07, 6.45) is 6.76. The molecule has 3 N–H and O–H groups in total. The summed E-state index contributed by atoms with van der Waals surface area (Å²) in [7, 11) is -4.56. The molecular weight excluding hydrogens is 443 g/mol. The number of unbranched alkanes of at least 4 members (excludes halogenated alkanes) is 7. The second kappa shape index (κ2) is 19.4. The Morgan fingerprint density at radius 1 is 0.812 bits per heavy atom. The van der Waals surface area contributed by atoms with Gasteiger partial charge in [-0.05, 0) is 12.8 Å². The lowest BCUT2D eigenvalue weighted by atomic mass is 10.1. The minimum Gasteiger partial charge on any atom is -0.462 e. The van der Waals surface area contributed by atoms with Gasteiger partial charge in [0.1, 0.15) is 12.7 Å². The van der Waals surface area contributed by atoms with E-state index in [4.69, 9.17) is 19.1 Å². The van der Waals surface area contributed by atoms with Gasteiger partial charge in [-0.15, -0.1) is 0 Å².